The second-order valence-electron chi connectivity index (χ2n) is 9.21. The van der Waals surface area contributed by atoms with Gasteiger partial charge in [-0.2, -0.15) is 13.2 Å². The predicted octanol–water partition coefficient (Wildman–Crippen LogP) is 5.21. The summed E-state index contributed by atoms with van der Waals surface area (Å²) in [5, 5.41) is -0.863. The first-order chi connectivity index (χ1) is 18.7. The van der Waals surface area contributed by atoms with Crippen molar-refractivity contribution < 1.29 is 39.9 Å². The van der Waals surface area contributed by atoms with Crippen LogP contribution in [0.15, 0.2) is 71.6 Å². The van der Waals surface area contributed by atoms with Crippen molar-refractivity contribution in [1.29, 1.82) is 0 Å². The Kier molecular flexibility index (Phi) is 7.12. The van der Waals surface area contributed by atoms with Crippen LogP contribution in [0.3, 0.4) is 0 Å². The molecule has 0 spiro atoms. The van der Waals surface area contributed by atoms with Crippen molar-refractivity contribution in [1.82, 2.24) is 19.4 Å². The van der Waals surface area contributed by atoms with Gasteiger partial charge in [0.2, 0.25) is 15.9 Å². The Bertz CT molecular complexity index is 1660. The minimum Gasteiger partial charge on any atom is -0.341 e. The molecule has 1 aliphatic rings. The fourth-order valence-corrected chi connectivity index (χ4v) is 7.41. The van der Waals surface area contributed by atoms with Gasteiger partial charge in [-0.25, -0.2) is 22.5 Å². The summed E-state index contributed by atoms with van der Waals surface area (Å²) in [5.41, 5.74) is 0.410. The molecule has 1 fully saturated rings. The summed E-state index contributed by atoms with van der Waals surface area (Å²) in [6.45, 7) is 0. The lowest BCUT2D eigenvalue weighted by Gasteiger charge is -2.32. The van der Waals surface area contributed by atoms with E-state index in [1.165, 1.54) is 0 Å². The number of amides is 1. The van der Waals surface area contributed by atoms with E-state index in [1.54, 1.807) is 48.5 Å². The lowest BCUT2D eigenvalue weighted by atomic mass is 10.0. The zero-order valence-corrected chi connectivity index (χ0v) is 21.9. The van der Waals surface area contributed by atoms with Crippen LogP contribution < -0.4 is 9.44 Å². The Hall–Kier alpha value is -3.50. The van der Waals surface area contributed by atoms with Crippen LogP contribution in [0.25, 0.3) is 11.0 Å². The smallest absolute Gasteiger partial charge is 0.341 e. The van der Waals surface area contributed by atoms with Gasteiger partial charge < -0.3 is 4.98 Å². The number of benzene rings is 3. The van der Waals surface area contributed by atoms with Crippen LogP contribution in [-0.4, -0.2) is 33.4 Å². The van der Waals surface area contributed by atoms with E-state index < -0.39 is 60.5 Å². The Morgan fingerprint density at radius 3 is 2.40 bits per heavy atom. The first-order valence-corrected chi connectivity index (χ1v) is 14.8. The maximum Gasteiger partial charge on any atom is 0.417 e. The van der Waals surface area contributed by atoms with E-state index in [-0.39, 0.29) is 24.7 Å². The number of H-pyrrole nitrogens is 1. The molecule has 1 aromatic heterocycles. The summed E-state index contributed by atoms with van der Waals surface area (Å²) in [6.07, 6.45) is -5.33. The molecule has 1 unspecified atom stereocenters. The molecule has 1 aliphatic heterocycles. The van der Waals surface area contributed by atoms with E-state index in [0.717, 1.165) is 0 Å². The third kappa shape index (κ3) is 5.69. The molecule has 5 rings (SSSR count). The van der Waals surface area contributed by atoms with Gasteiger partial charge in [0.1, 0.15) is 16.9 Å². The van der Waals surface area contributed by atoms with Gasteiger partial charge in [0.25, 0.3) is 0 Å². The summed E-state index contributed by atoms with van der Waals surface area (Å²) in [5.74, 6) is -1.62. The maximum absolute atomic E-state index is 13.6. The molecule has 0 bridgehead atoms. The summed E-state index contributed by atoms with van der Waals surface area (Å²) < 4.78 is 106. The summed E-state index contributed by atoms with van der Waals surface area (Å²) in [7, 11) is -8.23. The molecule has 2 atom stereocenters. The lowest BCUT2D eigenvalue weighted by molar-refractivity contribution is -0.140. The standard InChI is InChI=1S/C25H22F4N4O5S2/c26-16-9-10-21(17(12-16)25(27,28)29)39(35,36)32-20(24-30-18-3-1-2-4-19(18)31-24)11-14-5-7-15(8-6-14)22-13-23(34)33-40(22,37)38/h1-10,12,20,22,32,37-38H,11,13H2,(H,30,31)(H,33,34)/t20-,22?/m0/s1. The van der Waals surface area contributed by atoms with Crippen molar-refractivity contribution in [3.05, 3.63) is 95.1 Å². The Labute approximate surface area is 227 Å². The zero-order valence-electron chi connectivity index (χ0n) is 20.3. The Morgan fingerprint density at radius 2 is 1.77 bits per heavy atom. The number of fused-ring (bicyclic) bond motifs is 1. The minimum atomic E-state index is -5.13. The predicted molar refractivity (Wildman–Crippen MR) is 139 cm³/mol. The van der Waals surface area contributed by atoms with Crippen molar-refractivity contribution in [2.75, 3.05) is 0 Å². The van der Waals surface area contributed by atoms with Crippen LogP contribution in [0.1, 0.15) is 40.2 Å². The van der Waals surface area contributed by atoms with E-state index in [2.05, 4.69) is 19.4 Å². The highest BCUT2D eigenvalue weighted by atomic mass is 32.3. The summed E-state index contributed by atoms with van der Waals surface area (Å²) in [6, 6.07) is 13.2. The van der Waals surface area contributed by atoms with Gasteiger partial charge in [0, 0.05) is 0 Å². The topological polar surface area (TPSA) is 144 Å². The van der Waals surface area contributed by atoms with Gasteiger partial charge in [0.15, 0.2) is 0 Å². The van der Waals surface area contributed by atoms with Crippen molar-refractivity contribution >= 4 is 37.7 Å². The van der Waals surface area contributed by atoms with E-state index in [9.17, 15) is 39.9 Å². The average molecular weight is 599 g/mol. The molecule has 3 aromatic carbocycles. The maximum atomic E-state index is 13.6. The highest BCUT2D eigenvalue weighted by Crippen LogP contribution is 2.56. The first kappa shape index (κ1) is 28.0. The highest BCUT2D eigenvalue weighted by molar-refractivity contribution is 8.23. The highest BCUT2D eigenvalue weighted by Gasteiger charge is 2.39. The van der Waals surface area contributed by atoms with Gasteiger partial charge in [0.05, 0.1) is 34.0 Å². The molecule has 4 aromatic rings. The molecule has 5 N–H and O–H groups in total. The number of sulfonamides is 1. The number of nitrogens with zero attached hydrogens (tertiary/aromatic N) is 1. The number of hydrogen-bond acceptors (Lipinski definition) is 6. The largest absolute Gasteiger partial charge is 0.417 e. The number of halogens is 4. The van der Waals surface area contributed by atoms with Crippen molar-refractivity contribution in [3.63, 3.8) is 0 Å². The molecule has 15 heteroatoms. The quantitative estimate of drug-likeness (QED) is 0.185. The summed E-state index contributed by atoms with van der Waals surface area (Å²) in [4.78, 5) is 17.9. The van der Waals surface area contributed by atoms with Gasteiger partial charge in [-0.05, 0) is 47.9 Å². The van der Waals surface area contributed by atoms with E-state index in [0.29, 0.717) is 34.3 Å². The number of para-hydroxylation sites is 2. The van der Waals surface area contributed by atoms with E-state index >= 15 is 0 Å². The third-order valence-electron chi connectivity index (χ3n) is 6.39. The fourth-order valence-electron chi connectivity index (χ4n) is 4.52. The Balaban J connectivity index is 1.50. The van der Waals surface area contributed by atoms with Gasteiger partial charge in [-0.3, -0.25) is 18.6 Å². The molecule has 0 saturated carbocycles. The van der Waals surface area contributed by atoms with Crippen molar-refractivity contribution in [3.8, 4) is 0 Å². The zero-order chi connectivity index (χ0) is 28.9. The van der Waals surface area contributed by atoms with Gasteiger partial charge >= 0.3 is 6.18 Å². The van der Waals surface area contributed by atoms with E-state index in [1.807, 2.05) is 0 Å². The van der Waals surface area contributed by atoms with Crippen molar-refractivity contribution in [2.45, 2.75) is 35.2 Å². The number of alkyl halides is 3. The molecular formula is C25H22F4N4O5S2. The minimum absolute atomic E-state index is 0.0695. The Morgan fingerprint density at radius 1 is 1.07 bits per heavy atom. The first-order valence-electron chi connectivity index (χ1n) is 11.7. The lowest BCUT2D eigenvalue weighted by Crippen LogP contribution is -2.32. The number of hydrogen-bond donors (Lipinski definition) is 5. The molecular weight excluding hydrogens is 576 g/mol. The number of rotatable bonds is 7. The van der Waals surface area contributed by atoms with Gasteiger partial charge in [-0.1, -0.05) is 36.4 Å². The van der Waals surface area contributed by atoms with E-state index in [4.69, 9.17) is 0 Å². The van der Waals surface area contributed by atoms with Gasteiger partial charge in [-0.15, -0.1) is 10.8 Å². The average Bonchev–Trinajstić information content (AvgIpc) is 3.42. The SMILES string of the molecule is O=C1CC(c2ccc(C[C@H](NS(=O)(=O)c3ccc(F)cc3C(F)(F)F)c3nc4ccccc4[nH]3)cc2)S(O)(O)N1. The van der Waals surface area contributed by atoms with Crippen LogP contribution in [0, 0.1) is 5.82 Å². The normalized spacial score (nSPS) is 18.9. The van der Waals surface area contributed by atoms with Crippen LogP contribution in [0.4, 0.5) is 17.6 Å². The van der Waals surface area contributed by atoms with Crippen LogP contribution >= 0.6 is 10.8 Å². The molecule has 0 radical (unpaired) electrons. The molecule has 212 valence electrons. The summed E-state index contributed by atoms with van der Waals surface area (Å²) >= 11 is 0. The number of aromatic amines is 1. The number of aromatic nitrogens is 2. The molecule has 9 nitrogen and oxygen atoms in total. The second-order valence-corrected chi connectivity index (χ2v) is 12.8. The van der Waals surface area contributed by atoms with Crippen molar-refractivity contribution in [2.24, 2.45) is 0 Å². The molecule has 1 amide bonds. The number of nitrogens with one attached hydrogen (secondary N) is 3. The third-order valence-corrected chi connectivity index (χ3v) is 9.68. The second kappa shape index (κ2) is 10.2. The number of imidazole rings is 1. The van der Waals surface area contributed by atoms with Crippen LogP contribution in [0.5, 0.6) is 0 Å². The number of carbonyl (C=O) groups excluding carboxylic acids is 1. The molecule has 1 saturated heterocycles. The molecule has 40 heavy (non-hydrogen) atoms. The number of carbonyl (C=O) groups is 1. The van der Waals surface area contributed by atoms with Crippen LogP contribution in [0.2, 0.25) is 0 Å². The van der Waals surface area contributed by atoms with Crippen LogP contribution in [-0.2, 0) is 27.4 Å². The monoisotopic (exact) mass is 598 g/mol. The fraction of sp³-hybridized carbons (Fsp3) is 0.200. The molecule has 0 aliphatic carbocycles. The molecule has 2 heterocycles.